The Morgan fingerprint density at radius 3 is 1.20 bits per heavy atom. The summed E-state index contributed by atoms with van der Waals surface area (Å²) in [7, 11) is 0. The van der Waals surface area contributed by atoms with Crippen molar-refractivity contribution in [1.29, 1.82) is 0 Å². The van der Waals surface area contributed by atoms with Crippen LogP contribution in [0.25, 0.3) is 10.8 Å². The van der Waals surface area contributed by atoms with Gasteiger partial charge in [-0.05, 0) is 22.4 Å². The molecule has 0 fully saturated rings. The Balaban J connectivity index is 0.000000281. The van der Waals surface area contributed by atoms with E-state index in [1.807, 2.05) is 24.3 Å². The average molecular weight is 690 g/mol. The van der Waals surface area contributed by atoms with E-state index in [0.29, 0.717) is 0 Å². The molecule has 0 aliphatic carbocycles. The van der Waals surface area contributed by atoms with Crippen molar-refractivity contribution >= 4 is 36.5 Å². The summed E-state index contributed by atoms with van der Waals surface area (Å²) in [6.07, 6.45) is 0. The van der Waals surface area contributed by atoms with Gasteiger partial charge < -0.3 is 9.90 Å². The predicted molar refractivity (Wildman–Crippen MR) is 187 cm³/mol. The van der Waals surface area contributed by atoms with Crippen LogP contribution in [0.3, 0.4) is 0 Å². The third-order valence-corrected chi connectivity index (χ3v) is 20.6. The number of carboxylic acid groups (broad SMARTS) is 1. The molecule has 44 heavy (non-hydrogen) atoms. The van der Waals surface area contributed by atoms with Crippen LogP contribution in [-0.2, 0) is 16.2 Å². The van der Waals surface area contributed by atoms with Crippen molar-refractivity contribution in [2.75, 3.05) is 0 Å². The summed E-state index contributed by atoms with van der Waals surface area (Å²) in [4.78, 5) is 10.5. The summed E-state index contributed by atoms with van der Waals surface area (Å²) in [5.74, 6) is -1.13. The average Bonchev–Trinajstić information content (AvgIpc) is 3.02. The van der Waals surface area contributed by atoms with Crippen LogP contribution < -0.4 is 5.11 Å². The Hall–Kier alpha value is -3.37. The van der Waals surface area contributed by atoms with Crippen LogP contribution in [0.5, 0.6) is 0 Å². The van der Waals surface area contributed by atoms with Gasteiger partial charge in [-0.3, -0.25) is 0 Å². The predicted octanol–water partition coefficient (Wildman–Crippen LogP) is 9.62. The zero-order valence-electron chi connectivity index (χ0n) is 27.1. The summed E-state index contributed by atoms with van der Waals surface area (Å²) in [5.41, 5.74) is 5.38. The molecule has 5 rings (SSSR count). The number of fused-ring (bicyclic) bond motifs is 1. The van der Waals surface area contributed by atoms with Crippen molar-refractivity contribution in [3.05, 3.63) is 156 Å². The van der Waals surface area contributed by atoms with E-state index in [4.69, 9.17) is 0 Å². The topological polar surface area (TPSA) is 40.1 Å². The van der Waals surface area contributed by atoms with Crippen LogP contribution in [0.4, 0.5) is 0 Å². The molecule has 0 aliphatic heterocycles. The quantitative estimate of drug-likeness (QED) is 0.137. The molecule has 0 unspecified atom stereocenters. The van der Waals surface area contributed by atoms with Crippen molar-refractivity contribution in [3.8, 4) is 0 Å². The van der Waals surface area contributed by atoms with Crippen LogP contribution in [0.15, 0.2) is 133 Å². The van der Waals surface area contributed by atoms with Crippen LogP contribution >= 0.6 is 0 Å². The number of carboxylic acids is 1. The monoisotopic (exact) mass is 690 g/mol. The molecule has 0 atom stereocenters. The van der Waals surface area contributed by atoms with E-state index in [-0.39, 0.29) is 21.8 Å². The second-order valence-corrected chi connectivity index (χ2v) is 21.2. The van der Waals surface area contributed by atoms with Gasteiger partial charge in [0.1, 0.15) is 0 Å². The first-order valence-electron chi connectivity index (χ1n) is 15.6. The largest absolute Gasteiger partial charge is 0.545 e. The fourth-order valence-electron chi connectivity index (χ4n) is 6.35. The first kappa shape index (κ1) is 33.5. The van der Waals surface area contributed by atoms with Crippen LogP contribution in [0.2, 0.25) is 13.3 Å². The molecule has 5 aromatic rings. The maximum Gasteiger partial charge on any atom is 0.0715 e. The van der Waals surface area contributed by atoms with Crippen LogP contribution in [0, 0.1) is 0 Å². The van der Waals surface area contributed by atoms with Crippen molar-refractivity contribution in [2.24, 2.45) is 0 Å². The number of carbonyl (C=O) groups is 1. The van der Waals surface area contributed by atoms with Gasteiger partial charge in [0.15, 0.2) is 0 Å². The van der Waals surface area contributed by atoms with Gasteiger partial charge in [0, 0.05) is 0 Å². The molecule has 3 heteroatoms. The fraction of sp³-hybridized carbons (Fsp3) is 0.293. The number of rotatable bonds is 10. The Bertz CT molecular complexity index is 1500. The maximum absolute atomic E-state index is 10.5. The molecule has 0 saturated heterocycles. The molecule has 0 radical (unpaired) electrons. The minimum atomic E-state index is -1.84. The van der Waals surface area contributed by atoms with Gasteiger partial charge in [0.05, 0.1) is 5.97 Å². The molecule has 0 saturated carbocycles. The molecule has 0 N–H and O–H groups in total. The molecular formula is C41H46O2Sn. The van der Waals surface area contributed by atoms with E-state index in [2.05, 4.69) is 133 Å². The Morgan fingerprint density at radius 2 is 0.841 bits per heavy atom. The number of benzene rings is 5. The van der Waals surface area contributed by atoms with Crippen LogP contribution in [0.1, 0.15) is 68.6 Å². The van der Waals surface area contributed by atoms with Gasteiger partial charge in [-0.1, -0.05) is 36.4 Å². The maximum atomic E-state index is 10.5. The van der Waals surface area contributed by atoms with E-state index in [1.165, 1.54) is 30.0 Å². The second kappa shape index (κ2) is 14.6. The molecule has 2 nitrogen and oxygen atoms in total. The summed E-state index contributed by atoms with van der Waals surface area (Å²) in [6.45, 7) is 14.8. The van der Waals surface area contributed by atoms with Crippen molar-refractivity contribution in [1.82, 2.24) is 0 Å². The van der Waals surface area contributed by atoms with Gasteiger partial charge in [-0.2, -0.15) is 0 Å². The Morgan fingerprint density at radius 1 is 0.500 bits per heavy atom. The van der Waals surface area contributed by atoms with Gasteiger partial charge in [0.2, 0.25) is 0 Å². The second-order valence-electron chi connectivity index (χ2n) is 13.9. The summed E-state index contributed by atoms with van der Waals surface area (Å²) in [5, 5.41) is 12.5. The van der Waals surface area contributed by atoms with Crippen LogP contribution in [-0.4, -0.2) is 25.7 Å². The summed E-state index contributed by atoms with van der Waals surface area (Å²) < 4.78 is 4.14. The standard InChI is InChI=1S/C11H8O2.3C10H13.Sn/c12-11(13)10-6-5-8-3-1-2-4-9(8)7-10;3*1-10(2,3)9-7-5-4-6-8-9;/h1-7H,(H,12,13);3*4-8H,1H2,2-3H3;/q;;;;+1/p-1. The zero-order chi connectivity index (χ0) is 31.8. The molecule has 0 amide bonds. The van der Waals surface area contributed by atoms with Gasteiger partial charge >= 0.3 is 199 Å². The van der Waals surface area contributed by atoms with E-state index in [1.54, 1.807) is 18.2 Å². The van der Waals surface area contributed by atoms with E-state index >= 15 is 0 Å². The zero-order valence-corrected chi connectivity index (χ0v) is 30.0. The number of carbonyl (C=O) groups excluding carboxylic acids is 1. The molecule has 5 aromatic carbocycles. The molecule has 0 heterocycles. The summed E-state index contributed by atoms with van der Waals surface area (Å²) >= 11 is -1.84. The smallest absolute Gasteiger partial charge is 0.0715 e. The van der Waals surface area contributed by atoms with Gasteiger partial charge in [-0.15, -0.1) is 0 Å². The third kappa shape index (κ3) is 9.08. The minimum Gasteiger partial charge on any atom is -0.545 e. The van der Waals surface area contributed by atoms with Gasteiger partial charge in [-0.25, -0.2) is 0 Å². The molecule has 0 bridgehead atoms. The van der Waals surface area contributed by atoms with E-state index in [0.717, 1.165) is 10.8 Å². The first-order valence-corrected chi connectivity index (χ1v) is 21.6. The number of aromatic carboxylic acids is 1. The van der Waals surface area contributed by atoms with Gasteiger partial charge in [0.25, 0.3) is 0 Å². The number of hydrogen-bond acceptors (Lipinski definition) is 2. The first-order chi connectivity index (χ1) is 20.9. The summed E-state index contributed by atoms with van der Waals surface area (Å²) in [6, 6.07) is 46.1. The van der Waals surface area contributed by atoms with E-state index in [9.17, 15) is 9.90 Å². The third-order valence-electron chi connectivity index (χ3n) is 8.73. The molecule has 0 spiro atoms. The Labute approximate surface area is 271 Å². The molecule has 0 aromatic heterocycles. The van der Waals surface area contributed by atoms with Crippen molar-refractivity contribution in [3.63, 3.8) is 0 Å². The normalized spacial score (nSPS) is 11.9. The molecule has 226 valence electrons. The molecule has 0 aliphatic rings. The SMILES string of the molecule is CC(C)([CH2][Sn+]([CH2]C(C)(C)c1ccccc1)[CH2]C(C)(C)c1ccccc1)c1ccccc1.O=C([O-])c1ccc2ccccc2c1. The minimum absolute atomic E-state index is 0.221. The number of hydrogen-bond donors (Lipinski definition) is 0. The van der Waals surface area contributed by atoms with Crippen molar-refractivity contribution < 1.29 is 9.90 Å². The van der Waals surface area contributed by atoms with Crippen molar-refractivity contribution in [2.45, 2.75) is 71.1 Å². The van der Waals surface area contributed by atoms with E-state index < -0.39 is 25.7 Å². The fourth-order valence-corrected chi connectivity index (χ4v) is 19.9. The molecular weight excluding hydrogens is 643 g/mol. The Kier molecular flexibility index (Phi) is 11.1.